The van der Waals surface area contributed by atoms with Gasteiger partial charge < -0.3 is 17.0 Å². The van der Waals surface area contributed by atoms with E-state index in [9.17, 15) is 0 Å². The van der Waals surface area contributed by atoms with E-state index in [0.29, 0.717) is 0 Å². The standard InChI is InChI=1S/C9H12N.BrH/c1-2-6-10(7-3-1)8-9-4-5-9;/h1-3,6-7,9H,4-5,8H2;1H/q+1;/p-1. The van der Waals surface area contributed by atoms with Gasteiger partial charge in [-0.05, 0) is 12.8 Å². The topological polar surface area (TPSA) is 3.88 Å². The predicted molar refractivity (Wildman–Crippen MR) is 39.4 cm³/mol. The summed E-state index contributed by atoms with van der Waals surface area (Å²) < 4.78 is 2.26. The molecule has 0 aromatic carbocycles. The van der Waals surface area contributed by atoms with Crippen LogP contribution >= 0.6 is 0 Å². The number of nitrogens with zero attached hydrogens (tertiary/aromatic N) is 1. The SMILES string of the molecule is [Br-].c1cc[n+](CC2CC2)cc1. The van der Waals surface area contributed by atoms with Gasteiger partial charge in [0.15, 0.2) is 18.9 Å². The molecule has 1 heterocycles. The summed E-state index contributed by atoms with van der Waals surface area (Å²) >= 11 is 0. The molecule has 0 spiro atoms. The van der Waals surface area contributed by atoms with Crippen molar-refractivity contribution in [2.75, 3.05) is 0 Å². The van der Waals surface area contributed by atoms with E-state index in [1.807, 2.05) is 0 Å². The van der Waals surface area contributed by atoms with E-state index in [-0.39, 0.29) is 17.0 Å². The number of halogens is 1. The van der Waals surface area contributed by atoms with Crippen molar-refractivity contribution in [1.29, 1.82) is 0 Å². The lowest BCUT2D eigenvalue weighted by Gasteiger charge is -1.90. The van der Waals surface area contributed by atoms with Gasteiger partial charge in [-0.15, -0.1) is 0 Å². The molecule has 1 aliphatic carbocycles. The Morgan fingerprint density at radius 2 is 1.73 bits per heavy atom. The van der Waals surface area contributed by atoms with E-state index in [0.717, 1.165) is 5.92 Å². The minimum Gasteiger partial charge on any atom is -1.00 e. The van der Waals surface area contributed by atoms with Crippen molar-refractivity contribution < 1.29 is 21.5 Å². The van der Waals surface area contributed by atoms with Crippen molar-refractivity contribution in [2.24, 2.45) is 5.92 Å². The van der Waals surface area contributed by atoms with E-state index >= 15 is 0 Å². The number of pyridine rings is 1. The molecule has 0 atom stereocenters. The number of aromatic nitrogens is 1. The van der Waals surface area contributed by atoms with Gasteiger partial charge in [0.2, 0.25) is 0 Å². The first-order chi connectivity index (χ1) is 4.95. The zero-order chi connectivity index (χ0) is 6.81. The Labute approximate surface area is 77.8 Å². The average molecular weight is 214 g/mol. The van der Waals surface area contributed by atoms with Gasteiger partial charge in [0.1, 0.15) is 0 Å². The molecule has 1 aliphatic rings. The van der Waals surface area contributed by atoms with Gasteiger partial charge in [-0.3, -0.25) is 0 Å². The van der Waals surface area contributed by atoms with Gasteiger partial charge in [0.25, 0.3) is 0 Å². The minimum atomic E-state index is 0. The molecule has 1 nitrogen and oxygen atoms in total. The third-order valence-electron chi connectivity index (χ3n) is 1.94. The summed E-state index contributed by atoms with van der Waals surface area (Å²) in [6, 6.07) is 6.23. The van der Waals surface area contributed by atoms with Crippen LogP contribution in [0, 0.1) is 5.92 Å². The Bertz CT molecular complexity index is 206. The highest BCUT2D eigenvalue weighted by atomic mass is 79.9. The lowest BCUT2D eigenvalue weighted by molar-refractivity contribution is -0.700. The van der Waals surface area contributed by atoms with Gasteiger partial charge >= 0.3 is 0 Å². The van der Waals surface area contributed by atoms with E-state index in [1.54, 1.807) is 0 Å². The van der Waals surface area contributed by atoms with Crippen molar-refractivity contribution in [3.05, 3.63) is 30.6 Å². The molecule has 0 aliphatic heterocycles. The first-order valence-corrected chi connectivity index (χ1v) is 3.89. The van der Waals surface area contributed by atoms with Gasteiger partial charge in [-0.25, -0.2) is 4.57 Å². The van der Waals surface area contributed by atoms with Gasteiger partial charge in [0.05, 0.1) is 0 Å². The molecule has 0 saturated heterocycles. The highest BCUT2D eigenvalue weighted by Gasteiger charge is 2.25. The largest absolute Gasteiger partial charge is 1.00 e. The highest BCUT2D eigenvalue weighted by Crippen LogP contribution is 2.28. The van der Waals surface area contributed by atoms with Crippen LogP contribution < -0.4 is 21.5 Å². The normalized spacial score (nSPS) is 15.6. The first-order valence-electron chi connectivity index (χ1n) is 3.89. The highest BCUT2D eigenvalue weighted by molar-refractivity contribution is 4.84. The quantitative estimate of drug-likeness (QED) is 0.521. The molecule has 1 aromatic heterocycles. The van der Waals surface area contributed by atoms with Crippen molar-refractivity contribution in [2.45, 2.75) is 19.4 Å². The summed E-state index contributed by atoms with van der Waals surface area (Å²) in [5.74, 6) is 0.979. The molecule has 1 saturated carbocycles. The van der Waals surface area contributed by atoms with Crippen LogP contribution in [-0.4, -0.2) is 0 Å². The summed E-state index contributed by atoms with van der Waals surface area (Å²) in [4.78, 5) is 0. The lowest BCUT2D eigenvalue weighted by Crippen LogP contribution is -3.00. The van der Waals surface area contributed by atoms with Gasteiger partial charge in [-0.1, -0.05) is 6.07 Å². The molecule has 0 N–H and O–H groups in total. The Morgan fingerprint density at radius 1 is 1.09 bits per heavy atom. The maximum atomic E-state index is 2.26. The molecule has 0 bridgehead atoms. The van der Waals surface area contributed by atoms with Crippen molar-refractivity contribution in [3.8, 4) is 0 Å². The van der Waals surface area contributed by atoms with Crippen LogP contribution in [0.2, 0.25) is 0 Å². The van der Waals surface area contributed by atoms with E-state index in [1.165, 1.54) is 19.4 Å². The van der Waals surface area contributed by atoms with Crippen molar-refractivity contribution >= 4 is 0 Å². The van der Waals surface area contributed by atoms with Crippen LogP contribution in [0.1, 0.15) is 12.8 Å². The van der Waals surface area contributed by atoms with E-state index in [4.69, 9.17) is 0 Å². The average Bonchev–Trinajstić information content (AvgIpc) is 2.74. The molecule has 11 heavy (non-hydrogen) atoms. The third-order valence-corrected chi connectivity index (χ3v) is 1.94. The Balaban J connectivity index is 0.000000605. The monoisotopic (exact) mass is 213 g/mol. The second-order valence-electron chi connectivity index (χ2n) is 3.02. The Kier molecular flexibility index (Phi) is 3.06. The zero-order valence-electron chi connectivity index (χ0n) is 6.41. The maximum absolute atomic E-state index is 2.26. The van der Waals surface area contributed by atoms with E-state index in [2.05, 4.69) is 35.2 Å². The molecule has 1 fully saturated rings. The number of hydrogen-bond donors (Lipinski definition) is 0. The zero-order valence-corrected chi connectivity index (χ0v) is 8.00. The van der Waals surface area contributed by atoms with Crippen LogP contribution in [0.4, 0.5) is 0 Å². The molecule has 1 aromatic rings. The Hall–Kier alpha value is -0.370. The third kappa shape index (κ3) is 2.62. The molecule has 0 unspecified atom stereocenters. The van der Waals surface area contributed by atoms with Crippen molar-refractivity contribution in [3.63, 3.8) is 0 Å². The Morgan fingerprint density at radius 3 is 2.27 bits per heavy atom. The molecule has 2 rings (SSSR count). The molecule has 0 radical (unpaired) electrons. The number of rotatable bonds is 2. The summed E-state index contributed by atoms with van der Waals surface area (Å²) in [5.41, 5.74) is 0. The fraction of sp³-hybridized carbons (Fsp3) is 0.444. The van der Waals surface area contributed by atoms with Crippen LogP contribution in [0.15, 0.2) is 30.6 Å². The van der Waals surface area contributed by atoms with Crippen LogP contribution in [0.3, 0.4) is 0 Å². The fourth-order valence-corrected chi connectivity index (χ4v) is 1.15. The second kappa shape index (κ2) is 3.86. The fourth-order valence-electron chi connectivity index (χ4n) is 1.15. The maximum Gasteiger partial charge on any atom is 0.168 e. The van der Waals surface area contributed by atoms with Crippen LogP contribution in [-0.2, 0) is 6.54 Å². The van der Waals surface area contributed by atoms with Gasteiger partial charge in [-0.2, -0.15) is 0 Å². The summed E-state index contributed by atoms with van der Waals surface area (Å²) in [6.07, 6.45) is 7.14. The van der Waals surface area contributed by atoms with Crippen molar-refractivity contribution in [1.82, 2.24) is 0 Å². The summed E-state index contributed by atoms with van der Waals surface area (Å²) in [5, 5.41) is 0. The smallest absolute Gasteiger partial charge is 0.168 e. The minimum absolute atomic E-state index is 0. The molecular formula is C9H12BrN. The predicted octanol–water partition coefficient (Wildman–Crippen LogP) is -1.61. The summed E-state index contributed by atoms with van der Waals surface area (Å²) in [7, 11) is 0. The molecule has 2 heteroatoms. The lowest BCUT2D eigenvalue weighted by atomic mass is 10.4. The summed E-state index contributed by atoms with van der Waals surface area (Å²) in [6.45, 7) is 1.22. The first kappa shape index (κ1) is 8.72. The second-order valence-corrected chi connectivity index (χ2v) is 3.02. The number of hydrogen-bond acceptors (Lipinski definition) is 0. The molecule has 60 valence electrons. The molecule has 0 amide bonds. The van der Waals surface area contributed by atoms with Crippen LogP contribution in [0.25, 0.3) is 0 Å². The van der Waals surface area contributed by atoms with E-state index < -0.39 is 0 Å². The molecular weight excluding hydrogens is 202 g/mol. The van der Waals surface area contributed by atoms with Gasteiger partial charge in [0, 0.05) is 18.1 Å². The van der Waals surface area contributed by atoms with Crippen LogP contribution in [0.5, 0.6) is 0 Å².